The van der Waals surface area contributed by atoms with Gasteiger partial charge in [-0.2, -0.15) is 13.2 Å². The second-order valence-corrected chi connectivity index (χ2v) is 11.1. The van der Waals surface area contributed by atoms with Gasteiger partial charge in [-0.15, -0.1) is 0 Å². The van der Waals surface area contributed by atoms with Crippen LogP contribution in [-0.2, 0) is 28.7 Å². The number of nitrogens with zero attached hydrogens (tertiary/aromatic N) is 5. The highest BCUT2D eigenvalue weighted by Crippen LogP contribution is 2.34. The first-order chi connectivity index (χ1) is 20.5. The molecule has 1 spiro atoms. The summed E-state index contributed by atoms with van der Waals surface area (Å²) in [5.74, 6) is 0. The fraction of sp³-hybridized carbons (Fsp3) is 0.533. The van der Waals surface area contributed by atoms with Crippen molar-refractivity contribution in [1.82, 2.24) is 24.6 Å². The summed E-state index contributed by atoms with van der Waals surface area (Å²) in [6.45, 7) is 8.47. The van der Waals surface area contributed by atoms with Crippen LogP contribution in [-0.4, -0.2) is 108 Å². The predicted molar refractivity (Wildman–Crippen MR) is 151 cm³/mol. The fourth-order valence-electron chi connectivity index (χ4n) is 5.25. The number of ether oxygens (including phenoxy) is 2. The summed E-state index contributed by atoms with van der Waals surface area (Å²) in [4.78, 5) is 46.2. The lowest BCUT2D eigenvalue weighted by molar-refractivity contribution is -0.137. The molecule has 2 amide bonds. The van der Waals surface area contributed by atoms with E-state index in [1.54, 1.807) is 21.9 Å². The Labute approximate surface area is 249 Å². The molecule has 5 rings (SSSR count). The third-order valence-corrected chi connectivity index (χ3v) is 7.86. The second-order valence-electron chi connectivity index (χ2n) is 11.1. The Bertz CT molecular complexity index is 1230. The molecule has 234 valence electrons. The molecule has 0 bridgehead atoms. The lowest BCUT2D eigenvalue weighted by Crippen LogP contribution is -2.47. The van der Waals surface area contributed by atoms with Gasteiger partial charge in [-0.1, -0.05) is 12.1 Å². The number of piperidine rings is 1. The zero-order valence-corrected chi connectivity index (χ0v) is 24.5. The molecule has 0 aliphatic carbocycles. The summed E-state index contributed by atoms with van der Waals surface area (Å²) in [5.41, 5.74) is 0.779. The largest absolute Gasteiger partial charge is 0.450 e. The Hall–Kier alpha value is -3.71. The maximum Gasteiger partial charge on any atom is 0.416 e. The van der Waals surface area contributed by atoms with Gasteiger partial charge >= 0.3 is 18.4 Å². The van der Waals surface area contributed by atoms with Crippen LogP contribution in [0.15, 0.2) is 42.6 Å². The van der Waals surface area contributed by atoms with Gasteiger partial charge < -0.3 is 19.3 Å². The van der Waals surface area contributed by atoms with Crippen molar-refractivity contribution in [3.05, 3.63) is 65.0 Å². The first-order valence-corrected chi connectivity index (χ1v) is 14.4. The first kappa shape index (κ1) is 32.2. The lowest BCUT2D eigenvalue weighted by Gasteiger charge is -2.37. The van der Waals surface area contributed by atoms with E-state index in [1.807, 2.05) is 6.92 Å². The van der Waals surface area contributed by atoms with E-state index in [1.165, 1.54) is 18.3 Å². The number of carbonyl (C=O) groups excluding carboxylic acids is 3. The molecule has 3 saturated heterocycles. The quantitative estimate of drug-likeness (QED) is 0.451. The van der Waals surface area contributed by atoms with E-state index in [4.69, 9.17) is 9.47 Å². The minimum atomic E-state index is -4.33. The number of aromatic nitrogens is 1. The van der Waals surface area contributed by atoms with Crippen molar-refractivity contribution in [2.45, 2.75) is 44.6 Å². The molecular weight excluding hydrogens is 567 g/mol. The average molecular weight is 606 g/mol. The van der Waals surface area contributed by atoms with Crippen LogP contribution in [0, 0.1) is 0 Å². The van der Waals surface area contributed by atoms with E-state index in [0.29, 0.717) is 69.7 Å². The number of amides is 2. The maximum atomic E-state index is 12.7. The second kappa shape index (κ2) is 14.2. The molecule has 10 nitrogen and oxygen atoms in total. The molecule has 0 atom stereocenters. The Morgan fingerprint density at radius 1 is 1.02 bits per heavy atom. The summed E-state index contributed by atoms with van der Waals surface area (Å²) in [6, 6.07) is 8.60. The SMILES string of the molecule is CCOC(=O)N1CCN(C)CC1.O=Cc1ccc(CN2CC3(CCN(Cc4ccc(C(F)(F)F)cc4)CC3)OC2=O)nc1. The van der Waals surface area contributed by atoms with E-state index in [0.717, 1.165) is 43.9 Å². The summed E-state index contributed by atoms with van der Waals surface area (Å²) in [7, 11) is 2.06. The summed E-state index contributed by atoms with van der Waals surface area (Å²) < 4.78 is 48.7. The molecule has 0 unspecified atom stereocenters. The molecule has 0 radical (unpaired) electrons. The van der Waals surface area contributed by atoms with Gasteiger partial charge in [0, 0.05) is 70.4 Å². The number of alkyl halides is 3. The van der Waals surface area contributed by atoms with Crippen molar-refractivity contribution < 1.29 is 37.0 Å². The van der Waals surface area contributed by atoms with Crippen molar-refractivity contribution in [1.29, 1.82) is 0 Å². The van der Waals surface area contributed by atoms with Gasteiger partial charge in [0.05, 0.1) is 31.0 Å². The number of hydrogen-bond acceptors (Lipinski definition) is 8. The Balaban J connectivity index is 0.000000296. The third-order valence-electron chi connectivity index (χ3n) is 7.86. The number of halogens is 3. The standard InChI is InChI=1S/C22H22F3N3O3.C8H16N2O2/c23-22(24,25)18-4-1-16(2-5-18)12-27-9-7-21(8-10-27)15-28(20(30)31-21)13-19-6-3-17(14-29)11-26-19;1-3-12-8(11)10-6-4-9(2)5-7-10/h1-6,11,14H,7-10,12-13,15H2;3-7H2,1-2H3. The number of rotatable bonds is 6. The van der Waals surface area contributed by atoms with Gasteiger partial charge in [-0.05, 0) is 43.8 Å². The Kier molecular flexibility index (Phi) is 10.6. The summed E-state index contributed by atoms with van der Waals surface area (Å²) in [6.07, 6.45) is -1.38. The molecule has 1 aromatic carbocycles. The van der Waals surface area contributed by atoms with Crippen LogP contribution in [0.5, 0.6) is 0 Å². The molecule has 0 saturated carbocycles. The molecule has 3 aliphatic heterocycles. The van der Waals surface area contributed by atoms with Crippen molar-refractivity contribution in [2.75, 3.05) is 59.5 Å². The van der Waals surface area contributed by atoms with Crippen LogP contribution in [0.25, 0.3) is 0 Å². The van der Waals surface area contributed by atoms with E-state index < -0.39 is 17.3 Å². The van der Waals surface area contributed by atoms with E-state index in [-0.39, 0.29) is 12.2 Å². The molecule has 13 heteroatoms. The average Bonchev–Trinajstić information content (AvgIpc) is 3.29. The fourth-order valence-corrected chi connectivity index (χ4v) is 5.25. The third kappa shape index (κ3) is 8.90. The molecule has 0 N–H and O–H groups in total. The lowest BCUT2D eigenvalue weighted by atomic mass is 9.91. The predicted octanol–water partition coefficient (Wildman–Crippen LogP) is 4.29. The number of carbonyl (C=O) groups is 3. The number of piperazine rings is 1. The van der Waals surface area contributed by atoms with Crippen molar-refractivity contribution >= 4 is 18.5 Å². The highest BCUT2D eigenvalue weighted by Gasteiger charge is 2.47. The number of aldehydes is 1. The molecule has 2 aromatic rings. The molecule has 3 fully saturated rings. The molecular formula is C30H38F3N5O5. The van der Waals surface area contributed by atoms with Crippen LogP contribution >= 0.6 is 0 Å². The highest BCUT2D eigenvalue weighted by atomic mass is 19.4. The van der Waals surface area contributed by atoms with Gasteiger partial charge in [-0.25, -0.2) is 9.59 Å². The van der Waals surface area contributed by atoms with Crippen LogP contribution in [0.3, 0.4) is 0 Å². The van der Waals surface area contributed by atoms with Crippen molar-refractivity contribution in [3.63, 3.8) is 0 Å². The van der Waals surface area contributed by atoms with E-state index in [9.17, 15) is 27.6 Å². The molecule has 3 aliphatic rings. The van der Waals surface area contributed by atoms with Gasteiger partial charge in [0.2, 0.25) is 0 Å². The van der Waals surface area contributed by atoms with Crippen LogP contribution < -0.4 is 0 Å². The zero-order chi connectivity index (χ0) is 31.0. The summed E-state index contributed by atoms with van der Waals surface area (Å²) >= 11 is 0. The Morgan fingerprint density at radius 3 is 2.26 bits per heavy atom. The smallest absolute Gasteiger partial charge is 0.416 e. The first-order valence-electron chi connectivity index (χ1n) is 14.4. The number of pyridine rings is 1. The van der Waals surface area contributed by atoms with Crippen LogP contribution in [0.4, 0.5) is 22.8 Å². The van der Waals surface area contributed by atoms with E-state index in [2.05, 4.69) is 21.8 Å². The molecule has 1 aromatic heterocycles. The van der Waals surface area contributed by atoms with Crippen molar-refractivity contribution in [3.8, 4) is 0 Å². The van der Waals surface area contributed by atoms with Crippen molar-refractivity contribution in [2.24, 2.45) is 0 Å². The molecule has 4 heterocycles. The number of likely N-dealkylation sites (tertiary alicyclic amines) is 1. The summed E-state index contributed by atoms with van der Waals surface area (Å²) in [5, 5.41) is 0. The Morgan fingerprint density at radius 2 is 1.70 bits per heavy atom. The monoisotopic (exact) mass is 605 g/mol. The maximum absolute atomic E-state index is 12.7. The van der Waals surface area contributed by atoms with Gasteiger partial charge in [0.25, 0.3) is 0 Å². The highest BCUT2D eigenvalue weighted by molar-refractivity contribution is 5.74. The normalized spacial score (nSPS) is 19.0. The minimum Gasteiger partial charge on any atom is -0.450 e. The number of hydrogen-bond donors (Lipinski definition) is 0. The zero-order valence-electron chi connectivity index (χ0n) is 24.5. The number of benzene rings is 1. The van der Waals surface area contributed by atoms with Gasteiger partial charge in [0.15, 0.2) is 6.29 Å². The molecule has 43 heavy (non-hydrogen) atoms. The van der Waals surface area contributed by atoms with E-state index >= 15 is 0 Å². The van der Waals surface area contributed by atoms with Gasteiger partial charge in [0.1, 0.15) is 5.60 Å². The number of likely N-dealkylation sites (N-methyl/N-ethyl adjacent to an activating group) is 1. The van der Waals surface area contributed by atoms with Crippen LogP contribution in [0.2, 0.25) is 0 Å². The van der Waals surface area contributed by atoms with Gasteiger partial charge in [-0.3, -0.25) is 19.6 Å². The van der Waals surface area contributed by atoms with Crippen LogP contribution in [0.1, 0.15) is 46.9 Å². The topological polar surface area (TPSA) is 95.5 Å². The minimum absolute atomic E-state index is 0.175.